The van der Waals surface area contributed by atoms with Crippen LogP contribution in [0.4, 0.5) is 11.5 Å². The van der Waals surface area contributed by atoms with Gasteiger partial charge in [-0.3, -0.25) is 0 Å². The minimum Gasteiger partial charge on any atom is -0.496 e. The van der Waals surface area contributed by atoms with E-state index in [-0.39, 0.29) is 0 Å². The number of benzene rings is 2. The largest absolute Gasteiger partial charge is 0.496 e. The Balaban J connectivity index is 0.00000109. The summed E-state index contributed by atoms with van der Waals surface area (Å²) in [7, 11) is 3.43. The monoisotopic (exact) mass is 488 g/mol. The maximum absolute atomic E-state index is 5.65. The van der Waals surface area contributed by atoms with Gasteiger partial charge in [0.25, 0.3) is 0 Å². The van der Waals surface area contributed by atoms with E-state index in [0.717, 1.165) is 52.6 Å². The van der Waals surface area contributed by atoms with Crippen LogP contribution in [0.5, 0.6) is 11.5 Å². The summed E-state index contributed by atoms with van der Waals surface area (Å²) in [6.07, 6.45) is 5.63. The van der Waals surface area contributed by atoms with Gasteiger partial charge in [0.1, 0.15) is 17.3 Å². The Bertz CT molecular complexity index is 1290. The fourth-order valence-electron chi connectivity index (χ4n) is 4.36. The van der Waals surface area contributed by atoms with Crippen LogP contribution in [0.3, 0.4) is 0 Å². The molecule has 1 N–H and O–H groups in total. The topological polar surface area (TPSA) is 60.7 Å². The lowest BCUT2D eigenvalue weighted by Crippen LogP contribution is -2.00. The average molecular weight is 489 g/mol. The maximum atomic E-state index is 5.65. The molecular weight excluding hydrogens is 448 g/mol. The summed E-state index contributed by atoms with van der Waals surface area (Å²) in [6, 6.07) is 10.3. The van der Waals surface area contributed by atoms with Gasteiger partial charge in [-0.1, -0.05) is 33.8 Å². The molecule has 0 bridgehead atoms. The highest BCUT2D eigenvalue weighted by atomic mass is 16.5. The Morgan fingerprint density at radius 1 is 0.889 bits per heavy atom. The van der Waals surface area contributed by atoms with Crippen LogP contribution in [0.2, 0.25) is 0 Å². The third-order valence-electron chi connectivity index (χ3n) is 5.96. The second-order valence-electron chi connectivity index (χ2n) is 7.92. The van der Waals surface area contributed by atoms with Crippen LogP contribution in [-0.2, 0) is 12.8 Å². The molecule has 4 rings (SSSR count). The number of ether oxygens (including phenoxy) is 2. The van der Waals surface area contributed by atoms with Gasteiger partial charge in [-0.05, 0) is 72.7 Å². The Labute approximate surface area is 216 Å². The van der Waals surface area contributed by atoms with Crippen LogP contribution in [0.25, 0.3) is 16.8 Å². The average Bonchev–Trinajstić information content (AvgIpc) is 3.33. The zero-order valence-electron chi connectivity index (χ0n) is 23.0. The third kappa shape index (κ3) is 5.88. The summed E-state index contributed by atoms with van der Waals surface area (Å²) >= 11 is 0. The Morgan fingerprint density at radius 3 is 2.06 bits per heavy atom. The lowest BCUT2D eigenvalue weighted by atomic mass is 9.99. The molecule has 2 aromatic heterocycles. The SMILES string of the molecule is C=C.CC.CCc1c(C)cc(Nc2ccn3ncc(-c4cc(C)c(CC)c(OC)c4)c3n2)cc1OC. The van der Waals surface area contributed by atoms with Crippen molar-refractivity contribution in [2.24, 2.45) is 0 Å². The number of rotatable bonds is 7. The van der Waals surface area contributed by atoms with Crippen molar-refractivity contribution in [3.8, 4) is 22.6 Å². The van der Waals surface area contributed by atoms with E-state index in [9.17, 15) is 0 Å². The van der Waals surface area contributed by atoms with Gasteiger partial charge >= 0.3 is 0 Å². The molecule has 0 aliphatic heterocycles. The second-order valence-corrected chi connectivity index (χ2v) is 7.92. The van der Waals surface area contributed by atoms with Crippen molar-refractivity contribution in [3.05, 3.63) is 78.1 Å². The molecule has 0 atom stereocenters. The Morgan fingerprint density at radius 2 is 1.47 bits per heavy atom. The summed E-state index contributed by atoms with van der Waals surface area (Å²) in [4.78, 5) is 4.87. The molecule has 0 aliphatic carbocycles. The molecule has 0 fully saturated rings. The van der Waals surface area contributed by atoms with Gasteiger partial charge in [0, 0.05) is 23.5 Å². The highest BCUT2D eigenvalue weighted by Gasteiger charge is 2.14. The Hall–Kier alpha value is -3.80. The van der Waals surface area contributed by atoms with Crippen LogP contribution >= 0.6 is 0 Å². The number of anilines is 2. The molecule has 0 radical (unpaired) electrons. The van der Waals surface area contributed by atoms with Gasteiger partial charge < -0.3 is 14.8 Å². The lowest BCUT2D eigenvalue weighted by Gasteiger charge is -2.14. The quantitative estimate of drug-likeness (QED) is 0.270. The molecule has 192 valence electrons. The van der Waals surface area contributed by atoms with Gasteiger partial charge in [0.05, 0.1) is 20.4 Å². The van der Waals surface area contributed by atoms with Crippen molar-refractivity contribution < 1.29 is 9.47 Å². The van der Waals surface area contributed by atoms with Crippen LogP contribution in [0.15, 0.2) is 55.9 Å². The second kappa shape index (κ2) is 13.3. The van der Waals surface area contributed by atoms with E-state index < -0.39 is 0 Å². The van der Waals surface area contributed by atoms with E-state index in [1.165, 1.54) is 22.3 Å². The summed E-state index contributed by atoms with van der Waals surface area (Å²) in [5.41, 5.74) is 8.58. The zero-order chi connectivity index (χ0) is 26.8. The number of aryl methyl sites for hydroxylation is 2. The number of hydrogen-bond donors (Lipinski definition) is 1. The Kier molecular flexibility index (Phi) is 10.5. The maximum Gasteiger partial charge on any atom is 0.165 e. The summed E-state index contributed by atoms with van der Waals surface area (Å²) < 4.78 is 13.0. The first-order valence-electron chi connectivity index (χ1n) is 12.5. The van der Waals surface area contributed by atoms with Gasteiger partial charge in [0.15, 0.2) is 5.65 Å². The van der Waals surface area contributed by atoms with Crippen molar-refractivity contribution in [2.75, 3.05) is 19.5 Å². The van der Waals surface area contributed by atoms with Crippen LogP contribution < -0.4 is 14.8 Å². The number of methoxy groups -OCH3 is 2. The molecule has 2 heterocycles. The minimum atomic E-state index is 0.749. The number of aromatic nitrogens is 3. The van der Waals surface area contributed by atoms with E-state index in [1.54, 1.807) is 18.7 Å². The van der Waals surface area contributed by atoms with Crippen molar-refractivity contribution in [3.63, 3.8) is 0 Å². The van der Waals surface area contributed by atoms with E-state index in [4.69, 9.17) is 14.5 Å². The number of hydrogen-bond acceptors (Lipinski definition) is 5. The predicted octanol–water partition coefficient (Wildman–Crippen LogP) is 7.73. The molecule has 36 heavy (non-hydrogen) atoms. The fourth-order valence-corrected chi connectivity index (χ4v) is 4.36. The van der Waals surface area contributed by atoms with Crippen LogP contribution in [0, 0.1) is 13.8 Å². The fraction of sp³-hybridized carbons (Fsp3) is 0.333. The first-order valence-corrected chi connectivity index (χ1v) is 12.5. The van der Waals surface area contributed by atoms with Gasteiger partial charge in [-0.15, -0.1) is 13.2 Å². The van der Waals surface area contributed by atoms with Crippen molar-refractivity contribution in [1.29, 1.82) is 0 Å². The number of nitrogens with zero attached hydrogens (tertiary/aromatic N) is 3. The van der Waals surface area contributed by atoms with Crippen molar-refractivity contribution >= 4 is 17.2 Å². The normalized spacial score (nSPS) is 10.1. The van der Waals surface area contributed by atoms with Crippen molar-refractivity contribution in [1.82, 2.24) is 14.6 Å². The molecular formula is C30H40N4O2. The van der Waals surface area contributed by atoms with E-state index in [0.29, 0.717) is 0 Å². The standard InChI is InChI=1S/C26H30N4O2.C2H6.C2H4/c1-7-20-16(3)11-18(13-23(20)31-5)22-15-27-30-10-9-25(29-26(22)30)28-19-12-17(4)21(8-2)24(14-19)32-6;2*1-2/h9-15H,7-8H2,1-6H3,(H,28,29);1-2H3;1-2H2. The number of fused-ring (bicyclic) bond motifs is 1. The molecule has 2 aromatic carbocycles. The van der Waals surface area contributed by atoms with Gasteiger partial charge in [-0.2, -0.15) is 5.10 Å². The van der Waals surface area contributed by atoms with E-state index in [2.05, 4.69) is 69.5 Å². The van der Waals surface area contributed by atoms with Gasteiger partial charge in [0.2, 0.25) is 0 Å². The molecule has 0 saturated carbocycles. The zero-order valence-corrected chi connectivity index (χ0v) is 23.0. The van der Waals surface area contributed by atoms with Crippen molar-refractivity contribution in [2.45, 2.75) is 54.4 Å². The lowest BCUT2D eigenvalue weighted by molar-refractivity contribution is 0.410. The summed E-state index contributed by atoms with van der Waals surface area (Å²) in [6.45, 7) is 18.5. The van der Waals surface area contributed by atoms with E-state index >= 15 is 0 Å². The molecule has 0 unspecified atom stereocenters. The van der Waals surface area contributed by atoms with Gasteiger partial charge in [-0.25, -0.2) is 9.50 Å². The third-order valence-corrected chi connectivity index (χ3v) is 5.96. The summed E-state index contributed by atoms with van der Waals surface area (Å²) in [5, 5.41) is 7.93. The molecule has 6 nitrogen and oxygen atoms in total. The molecule has 4 aromatic rings. The van der Waals surface area contributed by atoms with Crippen LogP contribution in [-0.4, -0.2) is 28.8 Å². The molecule has 0 aliphatic rings. The molecule has 0 spiro atoms. The molecule has 0 amide bonds. The minimum absolute atomic E-state index is 0.749. The number of nitrogens with one attached hydrogen (secondary N) is 1. The first kappa shape index (κ1) is 28.4. The summed E-state index contributed by atoms with van der Waals surface area (Å²) in [5.74, 6) is 2.54. The molecule has 6 heteroatoms. The van der Waals surface area contributed by atoms with E-state index in [1.807, 2.05) is 38.4 Å². The molecule has 0 saturated heterocycles. The highest BCUT2D eigenvalue weighted by Crippen LogP contribution is 2.33. The smallest absolute Gasteiger partial charge is 0.165 e. The first-order chi connectivity index (χ1) is 17.5. The van der Waals surface area contributed by atoms with Crippen LogP contribution in [0.1, 0.15) is 49.9 Å². The predicted molar refractivity (Wildman–Crippen MR) is 152 cm³/mol. The highest BCUT2D eigenvalue weighted by molar-refractivity contribution is 5.80.